The van der Waals surface area contributed by atoms with Crippen molar-refractivity contribution in [1.29, 1.82) is 0 Å². The summed E-state index contributed by atoms with van der Waals surface area (Å²) in [5.41, 5.74) is 1.08. The van der Waals surface area contributed by atoms with Crippen LogP contribution in [0.25, 0.3) is 0 Å². The van der Waals surface area contributed by atoms with E-state index in [1.165, 1.54) is 6.08 Å². The van der Waals surface area contributed by atoms with E-state index < -0.39 is 30.4 Å². The summed E-state index contributed by atoms with van der Waals surface area (Å²) in [5.74, 6) is -1.43. The van der Waals surface area contributed by atoms with Crippen LogP contribution in [0, 0.1) is 35.5 Å². The minimum Gasteiger partial charge on any atom is -0.458 e. The fourth-order valence-corrected chi connectivity index (χ4v) is 5.29. The highest BCUT2D eigenvalue weighted by atomic mass is 16.5. The second kappa shape index (κ2) is 18.2. The maximum Gasteiger partial charge on any atom is 0.331 e. The molecule has 0 amide bonds. The van der Waals surface area contributed by atoms with Crippen LogP contribution in [0.4, 0.5) is 0 Å². The number of esters is 1. The fourth-order valence-electron chi connectivity index (χ4n) is 5.29. The molecule has 6 nitrogen and oxygen atoms in total. The molecule has 0 aromatic rings. The number of hydrogen-bond acceptors (Lipinski definition) is 6. The van der Waals surface area contributed by atoms with E-state index in [2.05, 4.69) is 12.7 Å². The highest BCUT2D eigenvalue weighted by Gasteiger charge is 2.33. The van der Waals surface area contributed by atoms with Crippen LogP contribution in [0.1, 0.15) is 61.3 Å². The van der Waals surface area contributed by atoms with Gasteiger partial charge in [-0.05, 0) is 19.3 Å². The summed E-state index contributed by atoms with van der Waals surface area (Å²) in [4.78, 5) is 12.8. The molecular formula is C34H54O6. The van der Waals surface area contributed by atoms with Gasteiger partial charge in [-0.3, -0.25) is 0 Å². The first-order chi connectivity index (χ1) is 18.8. The van der Waals surface area contributed by atoms with Crippen LogP contribution in [0.3, 0.4) is 0 Å². The zero-order chi connectivity index (χ0) is 30.4. The van der Waals surface area contributed by atoms with Crippen molar-refractivity contribution >= 4 is 5.97 Å². The van der Waals surface area contributed by atoms with Gasteiger partial charge in [0.05, 0.1) is 24.4 Å². The van der Waals surface area contributed by atoms with E-state index in [0.29, 0.717) is 12.8 Å². The average Bonchev–Trinajstić information content (AvgIpc) is 2.92. The average molecular weight is 559 g/mol. The monoisotopic (exact) mass is 558 g/mol. The van der Waals surface area contributed by atoms with Crippen LogP contribution in [-0.2, 0) is 14.3 Å². The highest BCUT2D eigenvalue weighted by molar-refractivity contribution is 5.82. The summed E-state index contributed by atoms with van der Waals surface area (Å²) in [6.07, 6.45) is 16.1. The normalized spacial score (nSPS) is 40.5. The minimum absolute atomic E-state index is 0.0867. The summed E-state index contributed by atoms with van der Waals surface area (Å²) < 4.78 is 11.4. The van der Waals surface area contributed by atoms with Crippen molar-refractivity contribution in [3.05, 3.63) is 72.9 Å². The molecule has 0 saturated heterocycles. The number of hydrogen-bond donors (Lipinski definition) is 3. The van der Waals surface area contributed by atoms with Crippen molar-refractivity contribution in [3.8, 4) is 0 Å². The van der Waals surface area contributed by atoms with Crippen LogP contribution in [0.5, 0.6) is 0 Å². The molecule has 11 atom stereocenters. The van der Waals surface area contributed by atoms with Gasteiger partial charge in [0.2, 0.25) is 0 Å². The molecule has 0 radical (unpaired) electrons. The Morgan fingerprint density at radius 3 is 2.30 bits per heavy atom. The molecule has 226 valence electrons. The predicted octanol–water partition coefficient (Wildman–Crippen LogP) is 5.96. The molecule has 1 rings (SSSR count). The van der Waals surface area contributed by atoms with E-state index in [1.807, 2.05) is 78.8 Å². The van der Waals surface area contributed by atoms with E-state index in [-0.39, 0.29) is 41.6 Å². The van der Waals surface area contributed by atoms with E-state index in [0.717, 1.165) is 5.57 Å². The second-order valence-corrected chi connectivity index (χ2v) is 11.7. The summed E-state index contributed by atoms with van der Waals surface area (Å²) >= 11 is 0. The Labute approximate surface area is 242 Å². The van der Waals surface area contributed by atoms with Gasteiger partial charge in [0.15, 0.2) is 0 Å². The molecule has 3 N–H and O–H groups in total. The van der Waals surface area contributed by atoms with Crippen molar-refractivity contribution in [1.82, 2.24) is 0 Å². The molecule has 0 saturated carbocycles. The molecule has 1 aliphatic heterocycles. The molecule has 0 aromatic heterocycles. The van der Waals surface area contributed by atoms with E-state index in [4.69, 9.17) is 9.47 Å². The molecular weight excluding hydrogens is 504 g/mol. The first kappa shape index (κ1) is 35.8. The molecule has 0 aromatic carbocycles. The van der Waals surface area contributed by atoms with Gasteiger partial charge in [-0.25, -0.2) is 4.79 Å². The second-order valence-electron chi connectivity index (χ2n) is 11.7. The topological polar surface area (TPSA) is 96.2 Å². The Morgan fingerprint density at radius 2 is 1.68 bits per heavy atom. The molecule has 0 fully saturated rings. The van der Waals surface area contributed by atoms with Crippen LogP contribution in [-0.4, -0.2) is 58.9 Å². The third kappa shape index (κ3) is 12.1. The first-order valence-electron chi connectivity index (χ1n) is 14.6. The molecule has 1 aliphatic rings. The SMILES string of the molecule is C=C/C=C\[C@H](C)[C@@H]1OC(=O)/C=C\C=C\[C@@H](C)[C@@H](O)C[C@H](OC)/C=C\[C@H](C)[C@H](O)[C@@H](C)/C=C(/C)C[C@H](C)[C@@H](O)[C@@H]1C. The zero-order valence-corrected chi connectivity index (χ0v) is 25.8. The number of rotatable bonds is 4. The number of cyclic esters (lactones) is 1. The Kier molecular flexibility index (Phi) is 16.3. The van der Waals surface area contributed by atoms with Crippen LogP contribution in [0.15, 0.2) is 72.9 Å². The Morgan fingerprint density at radius 1 is 1.00 bits per heavy atom. The molecule has 0 unspecified atom stereocenters. The van der Waals surface area contributed by atoms with Crippen molar-refractivity contribution in [2.45, 2.75) is 91.8 Å². The van der Waals surface area contributed by atoms with Gasteiger partial charge in [0.25, 0.3) is 0 Å². The highest BCUT2D eigenvalue weighted by Crippen LogP contribution is 2.29. The first-order valence-corrected chi connectivity index (χ1v) is 14.6. The van der Waals surface area contributed by atoms with Gasteiger partial charge in [0.1, 0.15) is 6.10 Å². The smallest absolute Gasteiger partial charge is 0.331 e. The maximum atomic E-state index is 12.8. The minimum atomic E-state index is -0.710. The lowest BCUT2D eigenvalue weighted by molar-refractivity contribution is -0.151. The number of aliphatic hydroxyl groups is 3. The Balaban J connectivity index is 3.36. The summed E-state index contributed by atoms with van der Waals surface area (Å²) in [6, 6.07) is 0. The quantitative estimate of drug-likeness (QED) is 0.224. The number of ether oxygens (including phenoxy) is 2. The third-order valence-electron chi connectivity index (χ3n) is 8.00. The lowest BCUT2D eigenvalue weighted by Crippen LogP contribution is -2.40. The third-order valence-corrected chi connectivity index (χ3v) is 8.00. The lowest BCUT2D eigenvalue weighted by atomic mass is 9.81. The fraction of sp³-hybridized carbons (Fsp3) is 0.618. The molecule has 6 heteroatoms. The van der Waals surface area contributed by atoms with E-state index in [1.54, 1.807) is 25.3 Å². The molecule has 0 spiro atoms. The van der Waals surface area contributed by atoms with Gasteiger partial charge in [-0.1, -0.05) is 108 Å². The molecule has 0 bridgehead atoms. The van der Waals surface area contributed by atoms with Crippen molar-refractivity contribution in [2.24, 2.45) is 35.5 Å². The predicted molar refractivity (Wildman–Crippen MR) is 163 cm³/mol. The van der Waals surface area contributed by atoms with Crippen molar-refractivity contribution in [2.75, 3.05) is 7.11 Å². The number of carbonyl (C=O) groups is 1. The van der Waals surface area contributed by atoms with Crippen LogP contribution < -0.4 is 0 Å². The Bertz CT molecular complexity index is 915. The number of methoxy groups -OCH3 is 1. The molecule has 1 heterocycles. The number of aliphatic hydroxyl groups excluding tert-OH is 3. The van der Waals surface area contributed by atoms with Gasteiger partial charge >= 0.3 is 5.97 Å². The number of carbonyl (C=O) groups excluding carboxylic acids is 1. The lowest BCUT2D eigenvalue weighted by Gasteiger charge is -2.33. The van der Waals surface area contributed by atoms with Crippen LogP contribution >= 0.6 is 0 Å². The maximum absolute atomic E-state index is 12.8. The van der Waals surface area contributed by atoms with Gasteiger partial charge < -0.3 is 24.8 Å². The zero-order valence-electron chi connectivity index (χ0n) is 25.8. The van der Waals surface area contributed by atoms with Crippen LogP contribution in [0.2, 0.25) is 0 Å². The molecule has 0 aliphatic carbocycles. The Hall–Kier alpha value is -2.25. The standard InChI is InChI=1S/C34H54O6/c1-10-11-14-25(5)34-28(8)33(38)27(7)20-22(2)19-26(6)32(37)24(4)17-18-29(39-9)21-30(35)23(3)15-12-13-16-31(36)40-34/h10-19,23-30,32-35,37-38H,1,20-21H2,2-9H3/b14-11-,15-12+,16-13-,18-17-,22-19-/t23-,24+,25+,26+,27+,28+,29-,30+,32+,33-,34+/m1/s1. The van der Waals surface area contributed by atoms with E-state index >= 15 is 0 Å². The molecule has 40 heavy (non-hydrogen) atoms. The van der Waals surface area contributed by atoms with Gasteiger partial charge in [0, 0.05) is 49.2 Å². The van der Waals surface area contributed by atoms with Gasteiger partial charge in [-0.2, -0.15) is 0 Å². The summed E-state index contributed by atoms with van der Waals surface area (Å²) in [5, 5.41) is 33.0. The summed E-state index contributed by atoms with van der Waals surface area (Å²) in [6.45, 7) is 17.5. The largest absolute Gasteiger partial charge is 0.458 e. The van der Waals surface area contributed by atoms with Crippen molar-refractivity contribution < 1.29 is 29.6 Å². The summed E-state index contributed by atoms with van der Waals surface area (Å²) in [7, 11) is 1.61. The van der Waals surface area contributed by atoms with E-state index in [9.17, 15) is 20.1 Å². The van der Waals surface area contributed by atoms with Gasteiger partial charge in [-0.15, -0.1) is 0 Å². The number of allylic oxidation sites excluding steroid dienone is 5. The van der Waals surface area contributed by atoms with Crippen molar-refractivity contribution in [3.63, 3.8) is 0 Å².